The number of amides is 1. The van der Waals surface area contributed by atoms with Crippen molar-refractivity contribution in [1.29, 1.82) is 0 Å². The first-order chi connectivity index (χ1) is 29.1. The molecule has 324 valence electrons. The fraction of sp³-hybridized carbons (Fsp3) is 0.340. The molecule has 8 nitrogen and oxygen atoms in total. The molecule has 0 unspecified atom stereocenters. The average Bonchev–Trinajstić information content (AvgIpc) is 3.23. The highest BCUT2D eigenvalue weighted by Crippen LogP contribution is 2.37. The number of sulfonamides is 1. The number of thioether (sulfide) groups is 1. The second-order valence-electron chi connectivity index (χ2n) is 15.8. The minimum atomic E-state index is -4.87. The van der Waals surface area contributed by atoms with Crippen LogP contribution < -0.4 is 14.9 Å². The van der Waals surface area contributed by atoms with E-state index in [1.165, 1.54) is 29.5 Å². The van der Waals surface area contributed by atoms with E-state index in [1.807, 2.05) is 71.5 Å². The number of anilines is 2. The molecule has 2 N–H and O–H groups in total. The van der Waals surface area contributed by atoms with Crippen molar-refractivity contribution in [2.75, 3.05) is 48.7 Å². The van der Waals surface area contributed by atoms with E-state index in [2.05, 4.69) is 59.8 Å². The van der Waals surface area contributed by atoms with Gasteiger partial charge >= 0.3 is 6.18 Å². The van der Waals surface area contributed by atoms with Gasteiger partial charge in [0.05, 0.1) is 10.5 Å². The number of nitrogens with one attached hydrogen (secondary N) is 2. The van der Waals surface area contributed by atoms with Crippen LogP contribution in [0.1, 0.15) is 55.6 Å². The maximum atomic E-state index is 14.6. The van der Waals surface area contributed by atoms with Crippen molar-refractivity contribution >= 4 is 50.7 Å². The largest absolute Gasteiger partial charge is 0.418 e. The molecule has 1 amide bonds. The van der Waals surface area contributed by atoms with Gasteiger partial charge in [0.15, 0.2) is 0 Å². The zero-order valence-corrected chi connectivity index (χ0v) is 37.2. The summed E-state index contributed by atoms with van der Waals surface area (Å²) < 4.78 is 72.7. The molecule has 1 saturated heterocycles. The first-order valence-corrected chi connectivity index (χ1v) is 23.3. The number of benzene rings is 5. The van der Waals surface area contributed by atoms with Crippen molar-refractivity contribution in [2.45, 2.75) is 74.8 Å². The maximum absolute atomic E-state index is 14.6. The van der Waals surface area contributed by atoms with Crippen molar-refractivity contribution in [1.82, 2.24) is 14.5 Å². The molecule has 0 bridgehead atoms. The van der Waals surface area contributed by atoms with E-state index >= 15 is 0 Å². The standard InChI is InChI=1S/C47H53ClF3N5O3S2/c1-33(2)56(34(3)4)25-24-39(32-60-41-11-6-5-7-12-41)52-45-23-22-42(30-44(45)47(49,50)51)61(58,59)53-46(57)36-16-20-40(21-17-36)55-28-26-54(27-29-55)31-37-10-8-9-13-43(37)35-14-18-38(48)19-15-35/h5-23,30,33-34,39,52H,24-29,31-32H2,1-4H3,(H,53,57)/t39-/m1/s1. The van der Waals surface area contributed by atoms with Crippen LogP contribution in [0.5, 0.6) is 0 Å². The van der Waals surface area contributed by atoms with E-state index in [-0.39, 0.29) is 29.4 Å². The van der Waals surface area contributed by atoms with Gasteiger partial charge in [0.25, 0.3) is 15.9 Å². The summed E-state index contributed by atoms with van der Waals surface area (Å²) in [5, 5.41) is 3.79. The lowest BCUT2D eigenvalue weighted by molar-refractivity contribution is -0.137. The SMILES string of the molecule is CC(C)N(CC[C@H](CSc1ccccc1)Nc1ccc(S(=O)(=O)NC(=O)c2ccc(N3CCN(Cc4ccccc4-c4ccc(Cl)cc4)CC3)cc2)cc1C(F)(F)F)C(C)C. The molecule has 0 aromatic heterocycles. The Bertz CT molecular complexity index is 2320. The number of rotatable bonds is 17. The highest BCUT2D eigenvalue weighted by atomic mass is 35.5. The number of piperazine rings is 1. The zero-order valence-electron chi connectivity index (χ0n) is 34.8. The molecule has 0 saturated carbocycles. The third-order valence-corrected chi connectivity index (χ3v) is 13.6. The molecule has 1 heterocycles. The lowest BCUT2D eigenvalue weighted by atomic mass is 9.99. The molecule has 14 heteroatoms. The summed E-state index contributed by atoms with van der Waals surface area (Å²) in [6.45, 7) is 12.9. The van der Waals surface area contributed by atoms with Crippen LogP contribution in [0.2, 0.25) is 5.02 Å². The van der Waals surface area contributed by atoms with Crippen LogP contribution in [-0.4, -0.2) is 80.7 Å². The average molecular weight is 893 g/mol. The second-order valence-corrected chi connectivity index (χ2v) is 19.0. The second kappa shape index (κ2) is 20.6. The molecule has 1 fully saturated rings. The molecular formula is C47H53ClF3N5O3S2. The van der Waals surface area contributed by atoms with E-state index in [9.17, 15) is 26.4 Å². The third-order valence-electron chi connectivity index (χ3n) is 10.9. The highest BCUT2D eigenvalue weighted by Gasteiger charge is 2.36. The topological polar surface area (TPSA) is 85.0 Å². The minimum absolute atomic E-state index is 0.0645. The number of nitrogens with zero attached hydrogens (tertiary/aromatic N) is 3. The number of carbonyl (C=O) groups excluding carboxylic acids is 1. The summed E-state index contributed by atoms with van der Waals surface area (Å²) >= 11 is 7.65. The van der Waals surface area contributed by atoms with Crippen LogP contribution in [0.25, 0.3) is 11.1 Å². The van der Waals surface area contributed by atoms with Crippen molar-refractivity contribution in [2.24, 2.45) is 0 Å². The first-order valence-electron chi connectivity index (χ1n) is 20.5. The molecule has 0 aliphatic carbocycles. The van der Waals surface area contributed by atoms with Crippen molar-refractivity contribution in [3.05, 3.63) is 143 Å². The summed E-state index contributed by atoms with van der Waals surface area (Å²) in [6, 6.07) is 35.3. The van der Waals surface area contributed by atoms with Gasteiger partial charge < -0.3 is 10.2 Å². The minimum Gasteiger partial charge on any atom is -0.381 e. The van der Waals surface area contributed by atoms with Crippen LogP contribution in [0.15, 0.2) is 131 Å². The van der Waals surface area contributed by atoms with E-state index in [0.29, 0.717) is 29.8 Å². The van der Waals surface area contributed by atoms with E-state index in [0.717, 1.165) is 66.6 Å². The highest BCUT2D eigenvalue weighted by molar-refractivity contribution is 7.99. The monoisotopic (exact) mass is 891 g/mol. The normalized spacial score (nSPS) is 14.4. The van der Waals surface area contributed by atoms with E-state index in [1.54, 1.807) is 12.1 Å². The van der Waals surface area contributed by atoms with Gasteiger partial charge in [0.1, 0.15) is 0 Å². The smallest absolute Gasteiger partial charge is 0.381 e. The first kappa shape index (κ1) is 46.0. The molecule has 0 radical (unpaired) electrons. The number of hydrogen-bond acceptors (Lipinski definition) is 8. The Morgan fingerprint density at radius 3 is 2.10 bits per heavy atom. The number of halogens is 4. The lowest BCUT2D eigenvalue weighted by Crippen LogP contribution is -2.46. The fourth-order valence-corrected chi connectivity index (χ4v) is 9.76. The van der Waals surface area contributed by atoms with Gasteiger partial charge in [-0.2, -0.15) is 13.2 Å². The molecule has 5 aromatic rings. The predicted octanol–water partition coefficient (Wildman–Crippen LogP) is 10.5. The van der Waals surface area contributed by atoms with E-state index < -0.39 is 32.6 Å². The fourth-order valence-electron chi connectivity index (χ4n) is 7.64. The summed E-state index contributed by atoms with van der Waals surface area (Å²) in [6.07, 6.45) is -4.32. The van der Waals surface area contributed by atoms with Crippen LogP contribution in [0.4, 0.5) is 24.5 Å². The lowest BCUT2D eigenvalue weighted by Gasteiger charge is -2.36. The molecule has 1 atom stereocenters. The number of alkyl halides is 3. The molecule has 1 aliphatic heterocycles. The van der Waals surface area contributed by atoms with Crippen LogP contribution in [-0.2, 0) is 22.7 Å². The van der Waals surface area contributed by atoms with Gasteiger partial charge in [-0.05, 0) is 118 Å². The summed E-state index contributed by atoms with van der Waals surface area (Å²) in [5.74, 6) is -0.457. The third kappa shape index (κ3) is 12.5. The molecule has 5 aromatic carbocycles. The van der Waals surface area contributed by atoms with Crippen molar-refractivity contribution in [3.8, 4) is 11.1 Å². The predicted molar refractivity (Wildman–Crippen MR) is 243 cm³/mol. The summed E-state index contributed by atoms with van der Waals surface area (Å²) in [4.78, 5) is 20.4. The van der Waals surface area contributed by atoms with Crippen LogP contribution in [0.3, 0.4) is 0 Å². The van der Waals surface area contributed by atoms with Gasteiger partial charge in [-0.3, -0.25) is 14.6 Å². The Labute approximate surface area is 367 Å². The van der Waals surface area contributed by atoms with Gasteiger partial charge in [-0.25, -0.2) is 13.1 Å². The Balaban J connectivity index is 1.09. The molecule has 1 aliphatic rings. The van der Waals surface area contributed by atoms with Crippen LogP contribution >= 0.6 is 23.4 Å². The molecule has 6 rings (SSSR count). The van der Waals surface area contributed by atoms with Crippen molar-refractivity contribution in [3.63, 3.8) is 0 Å². The Morgan fingerprint density at radius 2 is 1.46 bits per heavy atom. The van der Waals surface area contributed by atoms with Gasteiger partial charge in [-0.15, -0.1) is 11.8 Å². The van der Waals surface area contributed by atoms with Gasteiger partial charge in [-0.1, -0.05) is 66.2 Å². The molecular weight excluding hydrogens is 839 g/mol. The number of carbonyl (C=O) groups is 1. The Hall–Kier alpha value is -4.53. The summed E-state index contributed by atoms with van der Waals surface area (Å²) in [7, 11) is -4.67. The van der Waals surface area contributed by atoms with Crippen LogP contribution in [0, 0.1) is 0 Å². The quantitative estimate of drug-likeness (QED) is 0.0893. The maximum Gasteiger partial charge on any atom is 0.418 e. The number of hydrogen-bond donors (Lipinski definition) is 2. The Morgan fingerprint density at radius 1 is 0.820 bits per heavy atom. The Kier molecular flexibility index (Phi) is 15.5. The summed E-state index contributed by atoms with van der Waals surface area (Å²) in [5.41, 5.74) is 3.08. The van der Waals surface area contributed by atoms with E-state index in [4.69, 9.17) is 11.6 Å². The van der Waals surface area contributed by atoms with Gasteiger partial charge in [0, 0.05) is 90.0 Å². The van der Waals surface area contributed by atoms with Gasteiger partial charge in [0.2, 0.25) is 0 Å². The van der Waals surface area contributed by atoms with Crippen molar-refractivity contribution < 1.29 is 26.4 Å². The zero-order chi connectivity index (χ0) is 43.7. The molecule has 0 spiro atoms. The molecule has 61 heavy (non-hydrogen) atoms.